The number of thioether (sulfide) groups is 1. The topological polar surface area (TPSA) is 68.0 Å². The molecule has 0 fully saturated rings. The second-order valence-corrected chi connectivity index (χ2v) is 7.19. The van der Waals surface area contributed by atoms with Gasteiger partial charge in [0.05, 0.1) is 10.9 Å². The van der Waals surface area contributed by atoms with Gasteiger partial charge in [-0.15, -0.1) is 10.2 Å². The first-order chi connectivity index (χ1) is 12.4. The summed E-state index contributed by atoms with van der Waals surface area (Å²) in [5.41, 5.74) is 3.29. The Labute approximate surface area is 155 Å². The van der Waals surface area contributed by atoms with Crippen LogP contribution in [0.4, 0.5) is 10.1 Å². The third-order valence-electron chi connectivity index (χ3n) is 3.94. The van der Waals surface area contributed by atoms with Crippen molar-refractivity contribution in [2.75, 3.05) is 5.32 Å². The fourth-order valence-corrected chi connectivity index (χ4v) is 2.93. The number of hydrogen-bond donors (Lipinski definition) is 1. The van der Waals surface area contributed by atoms with Crippen LogP contribution in [0.3, 0.4) is 0 Å². The number of halogens is 1. The molecular weight excluding hydrogens is 353 g/mol. The van der Waals surface area contributed by atoms with Gasteiger partial charge in [-0.1, -0.05) is 30.0 Å². The second-order valence-electron chi connectivity index (χ2n) is 5.90. The minimum atomic E-state index is -0.525. The molecule has 5 nitrogen and oxygen atoms in total. The summed E-state index contributed by atoms with van der Waals surface area (Å²) in [5.74, 6) is -0.420. The Morgan fingerprint density at radius 1 is 1.15 bits per heavy atom. The zero-order chi connectivity index (χ0) is 18.7. The third kappa shape index (κ3) is 4.11. The number of para-hydroxylation sites is 1. The molecule has 1 atom stereocenters. The van der Waals surface area contributed by atoms with Gasteiger partial charge >= 0.3 is 0 Å². The highest BCUT2D eigenvalue weighted by atomic mass is 32.2. The number of carbonyl (C=O) groups excluding carboxylic acids is 1. The molecular formula is C19H18FN3O2S. The molecule has 0 unspecified atom stereocenters. The largest absolute Gasteiger partial charge is 0.411 e. The molecule has 0 bridgehead atoms. The van der Waals surface area contributed by atoms with Crippen molar-refractivity contribution in [3.8, 4) is 11.5 Å². The molecule has 1 heterocycles. The van der Waals surface area contributed by atoms with Gasteiger partial charge in [0, 0.05) is 5.56 Å². The van der Waals surface area contributed by atoms with E-state index in [0.29, 0.717) is 5.89 Å². The zero-order valence-corrected chi connectivity index (χ0v) is 15.4. The lowest BCUT2D eigenvalue weighted by Crippen LogP contribution is -2.22. The zero-order valence-electron chi connectivity index (χ0n) is 14.6. The second kappa shape index (κ2) is 7.70. The highest BCUT2D eigenvalue weighted by molar-refractivity contribution is 8.00. The molecule has 1 aromatic heterocycles. The van der Waals surface area contributed by atoms with Crippen molar-refractivity contribution in [3.05, 3.63) is 59.4 Å². The van der Waals surface area contributed by atoms with Crippen molar-refractivity contribution in [1.29, 1.82) is 0 Å². The van der Waals surface area contributed by atoms with Crippen LogP contribution in [0, 0.1) is 19.7 Å². The molecule has 0 saturated carbocycles. The SMILES string of the molecule is Cc1ccc(-c2nnc(S[C@@H](C)C(=O)Nc3ccccc3F)o2)cc1C. The molecule has 3 rings (SSSR count). The number of benzene rings is 2. The number of hydrogen-bond acceptors (Lipinski definition) is 5. The summed E-state index contributed by atoms with van der Waals surface area (Å²) in [6.45, 7) is 5.74. The van der Waals surface area contributed by atoms with Crippen LogP contribution in [-0.4, -0.2) is 21.4 Å². The van der Waals surface area contributed by atoms with E-state index in [1.807, 2.05) is 32.0 Å². The number of aromatic nitrogens is 2. The summed E-state index contributed by atoms with van der Waals surface area (Å²) >= 11 is 1.12. The van der Waals surface area contributed by atoms with Gasteiger partial charge in [-0.3, -0.25) is 4.79 Å². The van der Waals surface area contributed by atoms with Crippen molar-refractivity contribution in [1.82, 2.24) is 10.2 Å². The Morgan fingerprint density at radius 3 is 2.65 bits per heavy atom. The van der Waals surface area contributed by atoms with E-state index in [1.54, 1.807) is 19.1 Å². The van der Waals surface area contributed by atoms with Gasteiger partial charge in [0.15, 0.2) is 0 Å². The van der Waals surface area contributed by atoms with Gasteiger partial charge in [0.25, 0.3) is 5.22 Å². The van der Waals surface area contributed by atoms with E-state index in [4.69, 9.17) is 4.42 Å². The Bertz CT molecular complexity index is 942. The lowest BCUT2D eigenvalue weighted by Gasteiger charge is -2.10. The molecule has 0 aliphatic rings. The predicted molar refractivity (Wildman–Crippen MR) is 99.6 cm³/mol. The molecule has 1 amide bonds. The number of anilines is 1. The van der Waals surface area contributed by atoms with Gasteiger partial charge in [-0.05, 0) is 56.2 Å². The molecule has 0 aliphatic heterocycles. The highest BCUT2D eigenvalue weighted by Crippen LogP contribution is 2.27. The normalized spacial score (nSPS) is 12.0. The molecule has 26 heavy (non-hydrogen) atoms. The van der Waals surface area contributed by atoms with E-state index in [2.05, 4.69) is 15.5 Å². The van der Waals surface area contributed by atoms with Crippen LogP contribution in [0.25, 0.3) is 11.5 Å². The smallest absolute Gasteiger partial charge is 0.277 e. The van der Waals surface area contributed by atoms with Crippen LogP contribution in [0.2, 0.25) is 0 Å². The average Bonchev–Trinajstić information content (AvgIpc) is 3.07. The monoisotopic (exact) mass is 371 g/mol. The number of amides is 1. The lowest BCUT2D eigenvalue weighted by atomic mass is 10.1. The number of rotatable bonds is 5. The molecule has 134 valence electrons. The maximum atomic E-state index is 13.6. The van der Waals surface area contributed by atoms with E-state index in [1.165, 1.54) is 17.7 Å². The molecule has 7 heteroatoms. The van der Waals surface area contributed by atoms with E-state index >= 15 is 0 Å². The van der Waals surface area contributed by atoms with Crippen molar-refractivity contribution in [2.24, 2.45) is 0 Å². The number of aryl methyl sites for hydroxylation is 2. The molecule has 0 saturated heterocycles. The number of carbonyl (C=O) groups is 1. The maximum absolute atomic E-state index is 13.6. The average molecular weight is 371 g/mol. The lowest BCUT2D eigenvalue weighted by molar-refractivity contribution is -0.115. The van der Waals surface area contributed by atoms with Crippen LogP contribution in [0.15, 0.2) is 52.1 Å². The maximum Gasteiger partial charge on any atom is 0.277 e. The van der Waals surface area contributed by atoms with Crippen molar-refractivity contribution in [3.63, 3.8) is 0 Å². The predicted octanol–water partition coefficient (Wildman–Crippen LogP) is 4.61. The Kier molecular flexibility index (Phi) is 5.37. The molecule has 0 aliphatic carbocycles. The minimum Gasteiger partial charge on any atom is -0.411 e. The molecule has 2 aromatic carbocycles. The van der Waals surface area contributed by atoms with Crippen molar-refractivity contribution in [2.45, 2.75) is 31.2 Å². The summed E-state index contributed by atoms with van der Waals surface area (Å²) in [6.07, 6.45) is 0. The summed E-state index contributed by atoms with van der Waals surface area (Å²) in [6, 6.07) is 11.9. The van der Waals surface area contributed by atoms with Gasteiger partial charge in [-0.2, -0.15) is 0 Å². The highest BCUT2D eigenvalue weighted by Gasteiger charge is 2.20. The fourth-order valence-electron chi connectivity index (χ4n) is 2.25. The third-order valence-corrected chi connectivity index (χ3v) is 4.87. The Balaban J connectivity index is 1.67. The van der Waals surface area contributed by atoms with Crippen molar-refractivity contribution >= 4 is 23.4 Å². The first-order valence-electron chi connectivity index (χ1n) is 8.07. The molecule has 0 spiro atoms. The van der Waals surface area contributed by atoms with Gasteiger partial charge < -0.3 is 9.73 Å². The summed E-state index contributed by atoms with van der Waals surface area (Å²) in [5, 5.41) is 10.3. The Morgan fingerprint density at radius 2 is 1.92 bits per heavy atom. The van der Waals surface area contributed by atoms with Crippen LogP contribution in [0.5, 0.6) is 0 Å². The summed E-state index contributed by atoms with van der Waals surface area (Å²) in [4.78, 5) is 12.2. The van der Waals surface area contributed by atoms with Crippen LogP contribution >= 0.6 is 11.8 Å². The van der Waals surface area contributed by atoms with E-state index in [-0.39, 0.29) is 16.8 Å². The first kappa shape index (κ1) is 18.1. The fraction of sp³-hybridized carbons (Fsp3) is 0.211. The van der Waals surface area contributed by atoms with Gasteiger partial charge in [0.1, 0.15) is 5.82 Å². The van der Waals surface area contributed by atoms with Crippen molar-refractivity contribution < 1.29 is 13.6 Å². The van der Waals surface area contributed by atoms with E-state index < -0.39 is 11.1 Å². The standard InChI is InChI=1S/C19H18FN3O2S/c1-11-8-9-14(10-12(11)2)18-22-23-19(25-18)26-13(3)17(24)21-16-7-5-4-6-15(16)20/h4-10,13H,1-3H3,(H,21,24)/t13-/m0/s1. The van der Waals surface area contributed by atoms with Gasteiger partial charge in [0.2, 0.25) is 11.8 Å². The van der Waals surface area contributed by atoms with E-state index in [9.17, 15) is 9.18 Å². The van der Waals surface area contributed by atoms with Gasteiger partial charge in [-0.25, -0.2) is 4.39 Å². The summed E-state index contributed by atoms with van der Waals surface area (Å²) < 4.78 is 19.3. The minimum absolute atomic E-state index is 0.145. The quantitative estimate of drug-likeness (QED) is 0.663. The van der Waals surface area contributed by atoms with Crippen LogP contribution in [-0.2, 0) is 4.79 Å². The van der Waals surface area contributed by atoms with Crippen LogP contribution in [0.1, 0.15) is 18.1 Å². The Hall–Kier alpha value is -2.67. The first-order valence-corrected chi connectivity index (χ1v) is 8.95. The molecule has 0 radical (unpaired) electrons. The van der Waals surface area contributed by atoms with E-state index in [0.717, 1.165) is 22.9 Å². The van der Waals surface area contributed by atoms with Crippen LogP contribution < -0.4 is 5.32 Å². The summed E-state index contributed by atoms with van der Waals surface area (Å²) in [7, 11) is 0. The molecule has 1 N–H and O–H groups in total. The number of nitrogens with zero attached hydrogens (tertiary/aromatic N) is 2. The molecule has 3 aromatic rings. The number of nitrogens with one attached hydrogen (secondary N) is 1.